The third-order valence-electron chi connectivity index (χ3n) is 1.99. The van der Waals surface area contributed by atoms with Crippen LogP contribution < -0.4 is 4.74 Å². The van der Waals surface area contributed by atoms with Crippen molar-refractivity contribution >= 4 is 0 Å². The predicted molar refractivity (Wildman–Crippen MR) is 51.7 cm³/mol. The summed E-state index contributed by atoms with van der Waals surface area (Å²) in [5.41, 5.74) is 1.65. The molecule has 0 aromatic heterocycles. The van der Waals surface area contributed by atoms with Crippen molar-refractivity contribution in [2.75, 3.05) is 6.61 Å². The third-order valence-corrected chi connectivity index (χ3v) is 1.99. The van der Waals surface area contributed by atoms with E-state index in [2.05, 4.69) is 0 Å². The fraction of sp³-hybridized carbons (Fsp3) is 0.455. The lowest BCUT2D eigenvalue weighted by Gasteiger charge is -2.01. The van der Waals surface area contributed by atoms with Crippen LogP contribution in [0, 0.1) is 12.7 Å². The molecule has 1 aromatic rings. The number of benzene rings is 1. The minimum absolute atomic E-state index is 0.194. The van der Waals surface area contributed by atoms with Crippen LogP contribution in [0.15, 0.2) is 12.1 Å². The molecular weight excluding hydrogens is 167 g/mol. The quantitative estimate of drug-likeness (QED) is 0.599. The number of hydrogen-bond acceptors (Lipinski definition) is 1. The van der Waals surface area contributed by atoms with Gasteiger partial charge in [0.1, 0.15) is 0 Å². The molecule has 0 saturated carbocycles. The number of halogens is 1. The van der Waals surface area contributed by atoms with E-state index in [1.807, 2.05) is 19.9 Å². The summed E-state index contributed by atoms with van der Waals surface area (Å²) in [7, 11) is 0. The van der Waals surface area contributed by atoms with Crippen molar-refractivity contribution in [1.29, 1.82) is 0 Å². The van der Waals surface area contributed by atoms with Crippen LogP contribution in [-0.4, -0.2) is 6.61 Å². The van der Waals surface area contributed by atoms with E-state index in [0.29, 0.717) is 17.9 Å². The van der Waals surface area contributed by atoms with Crippen molar-refractivity contribution in [2.45, 2.75) is 27.2 Å². The lowest BCUT2D eigenvalue weighted by molar-refractivity contribution is 0.338. The van der Waals surface area contributed by atoms with Crippen molar-refractivity contribution in [1.82, 2.24) is 0 Å². The number of fused-ring (bicyclic) bond motifs is 1. The zero-order valence-corrected chi connectivity index (χ0v) is 8.36. The minimum Gasteiger partial charge on any atom is -0.490 e. The van der Waals surface area contributed by atoms with Crippen molar-refractivity contribution < 1.29 is 9.13 Å². The fourth-order valence-electron chi connectivity index (χ4n) is 1.31. The van der Waals surface area contributed by atoms with Gasteiger partial charge in [-0.05, 0) is 12.5 Å². The lowest BCUT2D eigenvalue weighted by Crippen LogP contribution is -1.90. The molecule has 2 heteroatoms. The van der Waals surface area contributed by atoms with Gasteiger partial charge >= 0.3 is 0 Å². The summed E-state index contributed by atoms with van der Waals surface area (Å²) >= 11 is 0. The summed E-state index contributed by atoms with van der Waals surface area (Å²) in [6.45, 7) is 6.37. The first kappa shape index (κ1) is 10.0. The standard InChI is InChI=1S/C9H9FO.C2H6/c1-6-2-3-7-4-5-11-9(7)8(6)10;1-2/h2-3H,4-5H2,1H3;1-2H3. The molecule has 0 aliphatic carbocycles. The van der Waals surface area contributed by atoms with Gasteiger partial charge in [-0.1, -0.05) is 26.0 Å². The van der Waals surface area contributed by atoms with Gasteiger partial charge in [-0.25, -0.2) is 4.39 Å². The van der Waals surface area contributed by atoms with Gasteiger partial charge in [0, 0.05) is 12.0 Å². The largest absolute Gasteiger partial charge is 0.490 e. The third kappa shape index (κ3) is 1.82. The Morgan fingerprint density at radius 3 is 2.69 bits per heavy atom. The van der Waals surface area contributed by atoms with Crippen LogP contribution in [0.25, 0.3) is 0 Å². The number of ether oxygens (including phenoxy) is 1. The van der Waals surface area contributed by atoms with E-state index in [0.717, 1.165) is 12.0 Å². The fourth-order valence-corrected chi connectivity index (χ4v) is 1.31. The monoisotopic (exact) mass is 182 g/mol. The van der Waals surface area contributed by atoms with Crippen molar-refractivity contribution in [3.63, 3.8) is 0 Å². The Hall–Kier alpha value is -1.05. The maximum absolute atomic E-state index is 13.2. The number of rotatable bonds is 0. The minimum atomic E-state index is -0.194. The molecule has 0 fully saturated rings. The molecule has 13 heavy (non-hydrogen) atoms. The van der Waals surface area contributed by atoms with Crippen LogP contribution in [0.5, 0.6) is 5.75 Å². The van der Waals surface area contributed by atoms with E-state index in [9.17, 15) is 4.39 Å². The van der Waals surface area contributed by atoms with Gasteiger partial charge in [0.2, 0.25) is 0 Å². The van der Waals surface area contributed by atoms with Crippen LogP contribution in [0.4, 0.5) is 4.39 Å². The van der Waals surface area contributed by atoms with Gasteiger partial charge in [0.05, 0.1) is 6.61 Å². The van der Waals surface area contributed by atoms with Crippen molar-refractivity contribution in [2.24, 2.45) is 0 Å². The SMILES string of the molecule is CC.Cc1ccc2c(c1F)OCC2. The van der Waals surface area contributed by atoms with Crippen LogP contribution >= 0.6 is 0 Å². The van der Waals surface area contributed by atoms with Gasteiger partial charge < -0.3 is 4.74 Å². The van der Waals surface area contributed by atoms with Gasteiger partial charge in [-0.15, -0.1) is 0 Å². The van der Waals surface area contributed by atoms with Crippen LogP contribution in [0.3, 0.4) is 0 Å². The summed E-state index contributed by atoms with van der Waals surface area (Å²) in [6.07, 6.45) is 0.840. The number of aryl methyl sites for hydroxylation is 1. The maximum Gasteiger partial charge on any atom is 0.168 e. The first-order valence-corrected chi connectivity index (χ1v) is 4.70. The molecule has 1 aromatic carbocycles. The molecule has 0 atom stereocenters. The Morgan fingerprint density at radius 1 is 1.31 bits per heavy atom. The molecule has 1 nitrogen and oxygen atoms in total. The summed E-state index contributed by atoms with van der Waals surface area (Å²) in [6, 6.07) is 3.73. The molecule has 0 radical (unpaired) electrons. The molecule has 1 aliphatic heterocycles. The van der Waals surface area contributed by atoms with Crippen LogP contribution in [-0.2, 0) is 6.42 Å². The molecule has 0 bridgehead atoms. The second kappa shape index (κ2) is 4.26. The molecule has 1 heterocycles. The van der Waals surface area contributed by atoms with Crippen molar-refractivity contribution in [3.05, 3.63) is 29.1 Å². The molecule has 0 amide bonds. The highest BCUT2D eigenvalue weighted by molar-refractivity contribution is 5.41. The lowest BCUT2D eigenvalue weighted by atomic mass is 10.1. The Bertz CT molecular complexity index is 294. The average molecular weight is 182 g/mol. The first-order chi connectivity index (χ1) is 6.29. The molecule has 1 aliphatic rings. The van der Waals surface area contributed by atoms with E-state index >= 15 is 0 Å². The predicted octanol–water partition coefficient (Wildman–Crippen LogP) is 3.10. The van der Waals surface area contributed by atoms with Gasteiger partial charge in [0.15, 0.2) is 11.6 Å². The highest BCUT2D eigenvalue weighted by Crippen LogP contribution is 2.29. The first-order valence-electron chi connectivity index (χ1n) is 4.70. The molecule has 72 valence electrons. The van der Waals surface area contributed by atoms with E-state index in [1.54, 1.807) is 13.0 Å². The van der Waals surface area contributed by atoms with E-state index in [4.69, 9.17) is 4.74 Å². The second-order valence-electron chi connectivity index (χ2n) is 2.78. The van der Waals surface area contributed by atoms with E-state index < -0.39 is 0 Å². The van der Waals surface area contributed by atoms with Crippen molar-refractivity contribution in [3.8, 4) is 5.75 Å². The van der Waals surface area contributed by atoms with Gasteiger partial charge in [-0.2, -0.15) is 0 Å². The zero-order chi connectivity index (χ0) is 9.84. The molecule has 0 unspecified atom stereocenters. The highest BCUT2D eigenvalue weighted by Gasteiger charge is 2.17. The normalized spacial score (nSPS) is 12.6. The van der Waals surface area contributed by atoms with Crippen LogP contribution in [0.1, 0.15) is 25.0 Å². The molecule has 0 saturated heterocycles. The summed E-state index contributed by atoms with van der Waals surface area (Å²) in [5.74, 6) is 0.269. The topological polar surface area (TPSA) is 9.23 Å². The van der Waals surface area contributed by atoms with E-state index in [1.165, 1.54) is 0 Å². The Kier molecular flexibility index (Phi) is 3.29. The Balaban J connectivity index is 0.000000396. The number of hydrogen-bond donors (Lipinski definition) is 0. The zero-order valence-electron chi connectivity index (χ0n) is 8.36. The molecule has 0 spiro atoms. The maximum atomic E-state index is 13.2. The summed E-state index contributed by atoms with van der Waals surface area (Å²) in [5, 5.41) is 0. The Labute approximate surface area is 78.5 Å². The van der Waals surface area contributed by atoms with Crippen LogP contribution in [0.2, 0.25) is 0 Å². The smallest absolute Gasteiger partial charge is 0.168 e. The highest BCUT2D eigenvalue weighted by atomic mass is 19.1. The van der Waals surface area contributed by atoms with E-state index in [-0.39, 0.29) is 5.82 Å². The second-order valence-corrected chi connectivity index (χ2v) is 2.78. The van der Waals surface area contributed by atoms with Gasteiger partial charge in [-0.3, -0.25) is 0 Å². The molecule has 2 rings (SSSR count). The Morgan fingerprint density at radius 2 is 2.00 bits per heavy atom. The molecular formula is C11H15FO. The molecule has 0 N–H and O–H groups in total. The summed E-state index contributed by atoms with van der Waals surface area (Å²) < 4.78 is 18.3. The van der Waals surface area contributed by atoms with Gasteiger partial charge in [0.25, 0.3) is 0 Å². The summed E-state index contributed by atoms with van der Waals surface area (Å²) in [4.78, 5) is 0. The average Bonchev–Trinajstić information content (AvgIpc) is 2.63.